The van der Waals surface area contributed by atoms with Gasteiger partial charge < -0.3 is 15.6 Å². The van der Waals surface area contributed by atoms with Gasteiger partial charge in [-0.1, -0.05) is 0 Å². The molecule has 1 rings (SSSR count). The lowest BCUT2D eigenvalue weighted by atomic mass is 9.87. The highest BCUT2D eigenvalue weighted by Gasteiger charge is 2.33. The normalized spacial score (nSPS) is 28.9. The van der Waals surface area contributed by atoms with Crippen molar-refractivity contribution in [3.63, 3.8) is 0 Å². The summed E-state index contributed by atoms with van der Waals surface area (Å²) >= 11 is 0. The fraction of sp³-hybridized carbons (Fsp3) is 1.00. The average Bonchev–Trinajstić information content (AvgIpc) is 2.34. The zero-order valence-electron chi connectivity index (χ0n) is 7.21. The summed E-state index contributed by atoms with van der Waals surface area (Å²) in [6.45, 7) is 5.10. The molecule has 2 unspecified atom stereocenters. The van der Waals surface area contributed by atoms with Crippen molar-refractivity contribution in [2.24, 2.45) is 11.7 Å². The summed E-state index contributed by atoms with van der Waals surface area (Å²) in [6.07, 6.45) is 0.493. The van der Waals surface area contributed by atoms with Crippen LogP contribution in [0, 0.1) is 5.92 Å². The number of hydrogen-bond donors (Lipinski definition) is 2. The van der Waals surface area contributed by atoms with Crippen LogP contribution in [-0.2, 0) is 4.74 Å². The topological polar surface area (TPSA) is 55.5 Å². The predicted molar refractivity (Wildman–Crippen MR) is 43.2 cm³/mol. The van der Waals surface area contributed by atoms with Crippen LogP contribution in [0.4, 0.5) is 0 Å². The maximum atomic E-state index is 9.68. The summed E-state index contributed by atoms with van der Waals surface area (Å²) in [5, 5.41) is 9.68. The van der Waals surface area contributed by atoms with Crippen LogP contribution in [0.5, 0.6) is 0 Å². The maximum absolute atomic E-state index is 9.68. The molecule has 1 heterocycles. The molecule has 3 N–H and O–H groups in total. The largest absolute Gasteiger partial charge is 0.391 e. The van der Waals surface area contributed by atoms with Gasteiger partial charge in [0.15, 0.2) is 0 Å². The molecule has 2 atom stereocenters. The van der Waals surface area contributed by atoms with Crippen molar-refractivity contribution in [1.29, 1.82) is 0 Å². The van der Waals surface area contributed by atoms with E-state index >= 15 is 0 Å². The third kappa shape index (κ3) is 2.15. The van der Waals surface area contributed by atoms with Crippen LogP contribution in [0.3, 0.4) is 0 Å². The average molecular weight is 159 g/mol. The van der Waals surface area contributed by atoms with Crippen LogP contribution in [0.25, 0.3) is 0 Å². The van der Waals surface area contributed by atoms with E-state index in [-0.39, 0.29) is 5.92 Å². The van der Waals surface area contributed by atoms with E-state index in [0.717, 1.165) is 13.0 Å². The van der Waals surface area contributed by atoms with Crippen LogP contribution in [0.15, 0.2) is 0 Å². The Morgan fingerprint density at radius 2 is 2.27 bits per heavy atom. The van der Waals surface area contributed by atoms with Gasteiger partial charge in [0.2, 0.25) is 0 Å². The molecule has 0 spiro atoms. The number of nitrogens with two attached hydrogens (primary N) is 1. The molecule has 0 saturated carbocycles. The third-order valence-corrected chi connectivity index (χ3v) is 2.17. The highest BCUT2D eigenvalue weighted by Crippen LogP contribution is 2.22. The van der Waals surface area contributed by atoms with Gasteiger partial charge in [-0.25, -0.2) is 0 Å². The molecule has 0 aromatic heterocycles. The fourth-order valence-electron chi connectivity index (χ4n) is 1.41. The minimum atomic E-state index is -0.502. The van der Waals surface area contributed by atoms with Crippen LogP contribution >= 0.6 is 0 Å². The molecule has 1 fully saturated rings. The Labute approximate surface area is 67.5 Å². The van der Waals surface area contributed by atoms with Gasteiger partial charge in [-0.15, -0.1) is 0 Å². The molecule has 0 aromatic rings. The Morgan fingerprint density at radius 3 is 2.64 bits per heavy atom. The lowest BCUT2D eigenvalue weighted by molar-refractivity contribution is 0.0405. The molecule has 1 saturated heterocycles. The number of aliphatic hydroxyl groups is 1. The van der Waals surface area contributed by atoms with Crippen molar-refractivity contribution in [1.82, 2.24) is 0 Å². The molecule has 0 amide bonds. The Morgan fingerprint density at radius 1 is 1.64 bits per heavy atom. The second kappa shape index (κ2) is 3.09. The van der Waals surface area contributed by atoms with E-state index in [0.29, 0.717) is 6.61 Å². The zero-order valence-corrected chi connectivity index (χ0v) is 7.21. The molecular weight excluding hydrogens is 142 g/mol. The van der Waals surface area contributed by atoms with Gasteiger partial charge in [0, 0.05) is 18.1 Å². The number of rotatable bonds is 2. The lowest BCUT2D eigenvalue weighted by Crippen LogP contribution is -2.49. The predicted octanol–water partition coefficient (Wildman–Crippen LogP) is 0.121. The van der Waals surface area contributed by atoms with Crippen molar-refractivity contribution in [2.75, 3.05) is 13.2 Å². The highest BCUT2D eigenvalue weighted by atomic mass is 16.5. The quantitative estimate of drug-likeness (QED) is 0.601. The van der Waals surface area contributed by atoms with E-state index in [1.165, 1.54) is 0 Å². The Bertz CT molecular complexity index is 125. The van der Waals surface area contributed by atoms with Gasteiger partial charge in [-0.2, -0.15) is 0 Å². The SMILES string of the molecule is CC(C)(N)C(O)C1CCOC1. The Kier molecular flexibility index (Phi) is 2.52. The summed E-state index contributed by atoms with van der Waals surface area (Å²) in [5.41, 5.74) is 5.25. The van der Waals surface area contributed by atoms with Gasteiger partial charge in [0.05, 0.1) is 12.7 Å². The Hall–Kier alpha value is -0.120. The van der Waals surface area contributed by atoms with Gasteiger partial charge in [0.25, 0.3) is 0 Å². The van der Waals surface area contributed by atoms with Crippen LogP contribution in [0.2, 0.25) is 0 Å². The smallest absolute Gasteiger partial charge is 0.0765 e. The first kappa shape index (κ1) is 8.97. The second-order valence-electron chi connectivity index (χ2n) is 3.89. The lowest BCUT2D eigenvalue weighted by Gasteiger charge is -2.29. The molecule has 1 aliphatic heterocycles. The molecule has 3 heteroatoms. The molecular formula is C8H17NO2. The van der Waals surface area contributed by atoms with E-state index in [9.17, 15) is 5.11 Å². The molecule has 0 aliphatic carbocycles. The van der Waals surface area contributed by atoms with Crippen molar-refractivity contribution in [3.8, 4) is 0 Å². The Balaban J connectivity index is 2.46. The van der Waals surface area contributed by atoms with Crippen molar-refractivity contribution in [3.05, 3.63) is 0 Å². The van der Waals surface area contributed by atoms with Gasteiger partial charge >= 0.3 is 0 Å². The fourth-order valence-corrected chi connectivity index (χ4v) is 1.41. The van der Waals surface area contributed by atoms with E-state index in [4.69, 9.17) is 10.5 Å². The van der Waals surface area contributed by atoms with E-state index < -0.39 is 11.6 Å². The first-order chi connectivity index (χ1) is 5.02. The highest BCUT2D eigenvalue weighted by molar-refractivity contribution is 4.88. The van der Waals surface area contributed by atoms with Crippen LogP contribution < -0.4 is 5.73 Å². The number of hydrogen-bond acceptors (Lipinski definition) is 3. The minimum Gasteiger partial charge on any atom is -0.391 e. The minimum absolute atomic E-state index is 0.231. The number of aliphatic hydroxyl groups excluding tert-OH is 1. The molecule has 0 aromatic carbocycles. The van der Waals surface area contributed by atoms with Gasteiger partial charge in [-0.3, -0.25) is 0 Å². The van der Waals surface area contributed by atoms with E-state index in [2.05, 4.69) is 0 Å². The van der Waals surface area contributed by atoms with Crippen molar-refractivity contribution in [2.45, 2.75) is 31.9 Å². The summed E-state index contributed by atoms with van der Waals surface area (Å²) in [5.74, 6) is 0.231. The van der Waals surface area contributed by atoms with E-state index in [1.54, 1.807) is 0 Å². The van der Waals surface area contributed by atoms with E-state index in [1.807, 2.05) is 13.8 Å². The standard InChI is InChI=1S/C8H17NO2/c1-8(2,9)7(10)6-3-4-11-5-6/h6-7,10H,3-5,9H2,1-2H3. The van der Waals surface area contributed by atoms with Crippen molar-refractivity contribution < 1.29 is 9.84 Å². The van der Waals surface area contributed by atoms with Gasteiger partial charge in [0.1, 0.15) is 0 Å². The monoisotopic (exact) mass is 159 g/mol. The third-order valence-electron chi connectivity index (χ3n) is 2.17. The maximum Gasteiger partial charge on any atom is 0.0765 e. The molecule has 66 valence electrons. The van der Waals surface area contributed by atoms with Gasteiger partial charge in [-0.05, 0) is 20.3 Å². The molecule has 3 nitrogen and oxygen atoms in total. The zero-order chi connectivity index (χ0) is 8.48. The molecule has 11 heavy (non-hydrogen) atoms. The second-order valence-corrected chi connectivity index (χ2v) is 3.89. The summed E-state index contributed by atoms with van der Waals surface area (Å²) in [4.78, 5) is 0. The molecule has 1 aliphatic rings. The first-order valence-corrected chi connectivity index (χ1v) is 4.06. The molecule has 0 bridgehead atoms. The van der Waals surface area contributed by atoms with Crippen LogP contribution in [-0.4, -0.2) is 30.0 Å². The summed E-state index contributed by atoms with van der Waals surface area (Å²) in [7, 11) is 0. The number of ether oxygens (including phenoxy) is 1. The first-order valence-electron chi connectivity index (χ1n) is 4.06. The summed E-state index contributed by atoms with van der Waals surface area (Å²) < 4.78 is 5.16. The summed E-state index contributed by atoms with van der Waals surface area (Å²) in [6, 6.07) is 0. The van der Waals surface area contributed by atoms with Crippen molar-refractivity contribution >= 4 is 0 Å². The molecule has 0 radical (unpaired) electrons. The van der Waals surface area contributed by atoms with Crippen LogP contribution in [0.1, 0.15) is 20.3 Å².